The Morgan fingerprint density at radius 1 is 1.25 bits per heavy atom. The fourth-order valence-corrected chi connectivity index (χ4v) is 3.82. The van der Waals surface area contributed by atoms with Crippen LogP contribution in [0.5, 0.6) is 5.75 Å². The van der Waals surface area contributed by atoms with Gasteiger partial charge in [-0.1, -0.05) is 24.6 Å². The normalized spacial score (nSPS) is 17.7. The molecule has 1 atom stereocenters. The Bertz CT molecular complexity index is 965. The van der Waals surface area contributed by atoms with Gasteiger partial charge in [-0.25, -0.2) is 4.98 Å². The van der Waals surface area contributed by atoms with E-state index in [4.69, 9.17) is 4.74 Å². The summed E-state index contributed by atoms with van der Waals surface area (Å²) in [7, 11) is 0. The van der Waals surface area contributed by atoms with Crippen molar-refractivity contribution < 1.29 is 14.6 Å². The second-order valence-electron chi connectivity index (χ2n) is 7.41. The van der Waals surface area contributed by atoms with Crippen molar-refractivity contribution in [3.05, 3.63) is 65.6 Å². The van der Waals surface area contributed by atoms with E-state index in [1.54, 1.807) is 0 Å². The molecular formula is C22H25N3O3. The van der Waals surface area contributed by atoms with E-state index in [-0.39, 0.29) is 6.04 Å². The minimum Gasteiger partial charge on any atom is -0.487 e. The third kappa shape index (κ3) is 4.02. The summed E-state index contributed by atoms with van der Waals surface area (Å²) in [6, 6.07) is 11.6. The van der Waals surface area contributed by atoms with Crippen LogP contribution in [0.3, 0.4) is 0 Å². The number of fused-ring (bicyclic) bond motifs is 1. The van der Waals surface area contributed by atoms with Crippen LogP contribution < -0.4 is 4.74 Å². The van der Waals surface area contributed by atoms with E-state index in [0.29, 0.717) is 13.2 Å². The van der Waals surface area contributed by atoms with Crippen molar-refractivity contribution >= 4 is 11.6 Å². The quantitative estimate of drug-likeness (QED) is 0.708. The number of hydrogen-bond acceptors (Lipinski definition) is 4. The molecule has 3 aromatic rings. The Labute approximate surface area is 164 Å². The zero-order chi connectivity index (χ0) is 19.5. The Balaban J connectivity index is 1.37. The lowest BCUT2D eigenvalue weighted by Gasteiger charge is -2.32. The van der Waals surface area contributed by atoms with Crippen LogP contribution in [-0.2, 0) is 17.9 Å². The monoisotopic (exact) mass is 379 g/mol. The fourth-order valence-electron chi connectivity index (χ4n) is 3.82. The molecule has 28 heavy (non-hydrogen) atoms. The van der Waals surface area contributed by atoms with E-state index in [9.17, 15) is 9.90 Å². The van der Waals surface area contributed by atoms with Crippen LogP contribution in [0.25, 0.3) is 5.65 Å². The standard InChI is InChI=1S/C22H25N3O3/c1-16-5-4-12-25-14-18(23-21(16)25)15-28-19-9-7-17(8-10-19)13-24-11-3-2-6-20(24)22(26)27/h4-5,7-10,12,14,20H,2-3,6,11,13,15H2,1H3,(H,26,27). The number of carbonyl (C=O) groups is 1. The molecule has 4 rings (SSSR count). The molecule has 0 bridgehead atoms. The van der Waals surface area contributed by atoms with Gasteiger partial charge in [0, 0.05) is 18.9 Å². The van der Waals surface area contributed by atoms with Gasteiger partial charge in [0.15, 0.2) is 0 Å². The SMILES string of the molecule is Cc1cccn2cc(COc3ccc(CN4CCCCC4C(=O)O)cc3)nc12. The highest BCUT2D eigenvalue weighted by Gasteiger charge is 2.28. The summed E-state index contributed by atoms with van der Waals surface area (Å²) in [4.78, 5) is 18.1. The number of ether oxygens (including phenoxy) is 1. The van der Waals surface area contributed by atoms with Crippen molar-refractivity contribution in [3.8, 4) is 5.75 Å². The summed E-state index contributed by atoms with van der Waals surface area (Å²) in [5.74, 6) is 0.0632. The van der Waals surface area contributed by atoms with Crippen LogP contribution in [0.15, 0.2) is 48.8 Å². The highest BCUT2D eigenvalue weighted by atomic mass is 16.5. The highest BCUT2D eigenvalue weighted by Crippen LogP contribution is 2.21. The molecule has 6 heteroatoms. The number of rotatable bonds is 6. The summed E-state index contributed by atoms with van der Waals surface area (Å²) < 4.78 is 7.89. The van der Waals surface area contributed by atoms with Crippen LogP contribution in [0.2, 0.25) is 0 Å². The van der Waals surface area contributed by atoms with E-state index < -0.39 is 5.97 Å². The molecular weight excluding hydrogens is 354 g/mol. The molecule has 0 radical (unpaired) electrons. The third-order valence-electron chi connectivity index (χ3n) is 5.32. The van der Waals surface area contributed by atoms with Gasteiger partial charge in [-0.05, 0) is 55.6 Å². The molecule has 1 aliphatic rings. The first kappa shape index (κ1) is 18.5. The van der Waals surface area contributed by atoms with Gasteiger partial charge in [0.25, 0.3) is 0 Å². The molecule has 1 aromatic carbocycles. The lowest BCUT2D eigenvalue weighted by Crippen LogP contribution is -2.43. The summed E-state index contributed by atoms with van der Waals surface area (Å²) in [6.45, 7) is 3.95. The zero-order valence-corrected chi connectivity index (χ0v) is 16.0. The summed E-state index contributed by atoms with van der Waals surface area (Å²) in [5.41, 5.74) is 4.07. The molecule has 6 nitrogen and oxygen atoms in total. The Morgan fingerprint density at radius 2 is 2.07 bits per heavy atom. The summed E-state index contributed by atoms with van der Waals surface area (Å²) in [5, 5.41) is 9.41. The van der Waals surface area contributed by atoms with Crippen molar-refractivity contribution in [2.45, 2.75) is 45.4 Å². The second kappa shape index (κ2) is 8.02. The summed E-state index contributed by atoms with van der Waals surface area (Å²) >= 11 is 0. The largest absolute Gasteiger partial charge is 0.487 e. The van der Waals surface area contributed by atoms with Gasteiger partial charge >= 0.3 is 5.97 Å². The molecule has 1 saturated heterocycles. The number of hydrogen-bond donors (Lipinski definition) is 1. The topological polar surface area (TPSA) is 67.1 Å². The minimum atomic E-state index is -0.720. The maximum atomic E-state index is 11.4. The van der Waals surface area contributed by atoms with Gasteiger partial charge in [0.1, 0.15) is 24.0 Å². The lowest BCUT2D eigenvalue weighted by atomic mass is 10.0. The number of benzene rings is 1. The predicted molar refractivity (Wildman–Crippen MR) is 106 cm³/mol. The Kier molecular flexibility index (Phi) is 5.30. The lowest BCUT2D eigenvalue weighted by molar-refractivity contribution is -0.144. The average Bonchev–Trinajstić information content (AvgIpc) is 3.12. The molecule has 0 aliphatic carbocycles. The minimum absolute atomic E-state index is 0.372. The van der Waals surface area contributed by atoms with Crippen LogP contribution in [-0.4, -0.2) is 37.9 Å². The van der Waals surface area contributed by atoms with Crippen molar-refractivity contribution in [1.29, 1.82) is 0 Å². The van der Waals surface area contributed by atoms with Gasteiger partial charge < -0.3 is 14.2 Å². The van der Waals surface area contributed by atoms with E-state index in [2.05, 4.69) is 9.88 Å². The van der Waals surface area contributed by atoms with Crippen LogP contribution >= 0.6 is 0 Å². The molecule has 1 fully saturated rings. The molecule has 0 amide bonds. The number of likely N-dealkylation sites (tertiary alicyclic amines) is 1. The van der Waals surface area contributed by atoms with Crippen LogP contribution in [0.1, 0.15) is 36.1 Å². The maximum Gasteiger partial charge on any atom is 0.320 e. The number of carboxylic acid groups (broad SMARTS) is 1. The van der Waals surface area contributed by atoms with Gasteiger partial charge in [-0.2, -0.15) is 0 Å². The van der Waals surface area contributed by atoms with Gasteiger partial charge in [0.05, 0.1) is 5.69 Å². The Hall–Kier alpha value is -2.86. The van der Waals surface area contributed by atoms with E-state index in [1.807, 2.05) is 60.1 Å². The summed E-state index contributed by atoms with van der Waals surface area (Å²) in [6.07, 6.45) is 6.75. The second-order valence-corrected chi connectivity index (χ2v) is 7.41. The third-order valence-corrected chi connectivity index (χ3v) is 5.32. The number of nitrogens with zero attached hydrogens (tertiary/aromatic N) is 3. The first-order valence-corrected chi connectivity index (χ1v) is 9.72. The van der Waals surface area contributed by atoms with Crippen molar-refractivity contribution in [2.24, 2.45) is 0 Å². The Morgan fingerprint density at radius 3 is 2.82 bits per heavy atom. The number of aliphatic carboxylic acids is 1. The van der Waals surface area contributed by atoms with E-state index in [0.717, 1.165) is 54.0 Å². The smallest absolute Gasteiger partial charge is 0.320 e. The number of aryl methyl sites for hydroxylation is 1. The molecule has 2 aromatic heterocycles. The van der Waals surface area contributed by atoms with Crippen molar-refractivity contribution in [2.75, 3.05) is 6.54 Å². The number of pyridine rings is 1. The molecule has 146 valence electrons. The van der Waals surface area contributed by atoms with Crippen LogP contribution in [0, 0.1) is 6.92 Å². The van der Waals surface area contributed by atoms with Crippen LogP contribution in [0.4, 0.5) is 0 Å². The zero-order valence-electron chi connectivity index (χ0n) is 16.0. The van der Waals surface area contributed by atoms with Gasteiger partial charge in [-0.3, -0.25) is 9.69 Å². The number of carboxylic acids is 1. The molecule has 3 heterocycles. The number of imidazole rings is 1. The molecule has 1 unspecified atom stereocenters. The average molecular weight is 379 g/mol. The molecule has 0 spiro atoms. The fraction of sp³-hybridized carbons (Fsp3) is 0.364. The number of aromatic nitrogens is 2. The van der Waals surface area contributed by atoms with Crippen molar-refractivity contribution in [1.82, 2.24) is 14.3 Å². The van der Waals surface area contributed by atoms with E-state index in [1.165, 1.54) is 0 Å². The number of piperidine rings is 1. The highest BCUT2D eigenvalue weighted by molar-refractivity contribution is 5.73. The van der Waals surface area contributed by atoms with E-state index >= 15 is 0 Å². The predicted octanol–water partition coefficient (Wildman–Crippen LogP) is 3.66. The first-order valence-electron chi connectivity index (χ1n) is 9.72. The first-order chi connectivity index (χ1) is 13.6. The molecule has 0 saturated carbocycles. The maximum absolute atomic E-state index is 11.4. The molecule has 1 aliphatic heterocycles. The van der Waals surface area contributed by atoms with Gasteiger partial charge in [0.2, 0.25) is 0 Å². The van der Waals surface area contributed by atoms with Crippen molar-refractivity contribution in [3.63, 3.8) is 0 Å². The van der Waals surface area contributed by atoms with Gasteiger partial charge in [-0.15, -0.1) is 0 Å². The molecule has 1 N–H and O–H groups in total.